The number of likely N-dealkylation sites (N-methyl/N-ethyl adjacent to an activating group) is 1. The molecule has 0 bridgehead atoms. The first kappa shape index (κ1) is 13.9. The summed E-state index contributed by atoms with van der Waals surface area (Å²) in [4.78, 5) is 4.97. The van der Waals surface area contributed by atoms with Gasteiger partial charge in [-0.15, -0.1) is 0 Å². The highest BCUT2D eigenvalue weighted by atomic mass is 15.1. The molecule has 110 valence electrons. The Hall–Kier alpha value is -1.06. The maximum atomic E-state index is 5.71. The summed E-state index contributed by atoms with van der Waals surface area (Å²) in [5.74, 6) is 0.814. The van der Waals surface area contributed by atoms with Gasteiger partial charge < -0.3 is 10.6 Å². The van der Waals surface area contributed by atoms with Crippen molar-refractivity contribution in [3.05, 3.63) is 29.3 Å². The Morgan fingerprint density at radius 2 is 2.20 bits per heavy atom. The molecule has 20 heavy (non-hydrogen) atoms. The molecule has 2 aliphatic rings. The minimum atomic E-state index is 0.814. The number of piperidine rings is 1. The fourth-order valence-electron chi connectivity index (χ4n) is 3.74. The molecule has 3 nitrogen and oxygen atoms in total. The van der Waals surface area contributed by atoms with Crippen molar-refractivity contribution in [3.63, 3.8) is 0 Å². The van der Waals surface area contributed by atoms with Crippen LogP contribution in [0.3, 0.4) is 0 Å². The molecule has 0 amide bonds. The van der Waals surface area contributed by atoms with E-state index >= 15 is 0 Å². The van der Waals surface area contributed by atoms with Crippen LogP contribution in [-0.2, 0) is 13.0 Å². The summed E-state index contributed by atoms with van der Waals surface area (Å²) in [6.45, 7) is 5.59. The van der Waals surface area contributed by atoms with Gasteiger partial charge in [0.2, 0.25) is 0 Å². The van der Waals surface area contributed by atoms with Gasteiger partial charge in [-0.25, -0.2) is 0 Å². The lowest BCUT2D eigenvalue weighted by molar-refractivity contribution is 0.163. The van der Waals surface area contributed by atoms with Crippen LogP contribution in [0.1, 0.15) is 30.4 Å². The van der Waals surface area contributed by atoms with Crippen molar-refractivity contribution in [2.24, 2.45) is 11.7 Å². The second-order valence-electron chi connectivity index (χ2n) is 6.46. The molecule has 0 aromatic heterocycles. The molecule has 3 rings (SSSR count). The first-order valence-corrected chi connectivity index (χ1v) is 8.01. The minimum Gasteiger partial charge on any atom is -0.374 e. The number of nitrogens with two attached hydrogens (primary N) is 1. The number of hydrogen-bond acceptors (Lipinski definition) is 3. The summed E-state index contributed by atoms with van der Waals surface area (Å²) in [5.41, 5.74) is 10.1. The molecule has 1 aromatic rings. The highest BCUT2D eigenvalue weighted by Crippen LogP contribution is 2.28. The van der Waals surface area contributed by atoms with Crippen molar-refractivity contribution < 1.29 is 0 Å². The molecule has 1 atom stereocenters. The van der Waals surface area contributed by atoms with Gasteiger partial charge in [0.25, 0.3) is 0 Å². The van der Waals surface area contributed by atoms with E-state index < -0.39 is 0 Å². The van der Waals surface area contributed by atoms with Crippen LogP contribution in [-0.4, -0.2) is 38.1 Å². The fourth-order valence-corrected chi connectivity index (χ4v) is 3.74. The molecular formula is C17H27N3. The second-order valence-corrected chi connectivity index (χ2v) is 6.46. The topological polar surface area (TPSA) is 32.5 Å². The Labute approximate surface area is 122 Å². The van der Waals surface area contributed by atoms with Gasteiger partial charge in [0.05, 0.1) is 0 Å². The minimum absolute atomic E-state index is 0.814. The molecule has 0 radical (unpaired) electrons. The molecule has 1 saturated heterocycles. The summed E-state index contributed by atoms with van der Waals surface area (Å²) in [6, 6.07) is 7.04. The Balaban J connectivity index is 1.63. The summed E-state index contributed by atoms with van der Waals surface area (Å²) in [7, 11) is 2.19. The number of benzene rings is 1. The maximum absolute atomic E-state index is 5.71. The van der Waals surface area contributed by atoms with Crippen molar-refractivity contribution in [1.29, 1.82) is 0 Å². The third-order valence-corrected chi connectivity index (χ3v) is 4.86. The Kier molecular flexibility index (Phi) is 4.27. The third kappa shape index (κ3) is 2.99. The Morgan fingerprint density at radius 3 is 3.05 bits per heavy atom. The molecular weight excluding hydrogens is 246 g/mol. The van der Waals surface area contributed by atoms with E-state index in [0.717, 1.165) is 19.0 Å². The zero-order chi connectivity index (χ0) is 13.9. The molecule has 0 aliphatic carbocycles. The standard InChI is InChI=1S/C17H27N3/c1-19-10-7-16-11-15(4-5-17(16)19)13-20-9-2-3-14(12-20)6-8-18/h4-5,11,14H,2-3,6-10,12-13,18H2,1H3. The number of likely N-dealkylation sites (tertiary alicyclic amines) is 1. The van der Waals surface area contributed by atoms with E-state index in [1.165, 1.54) is 62.1 Å². The van der Waals surface area contributed by atoms with Crippen molar-refractivity contribution in [3.8, 4) is 0 Å². The predicted molar refractivity (Wildman–Crippen MR) is 85.1 cm³/mol. The summed E-state index contributed by atoms with van der Waals surface area (Å²) >= 11 is 0. The average Bonchev–Trinajstić information content (AvgIpc) is 2.81. The largest absolute Gasteiger partial charge is 0.374 e. The fraction of sp³-hybridized carbons (Fsp3) is 0.647. The first-order valence-electron chi connectivity index (χ1n) is 8.01. The normalized spacial score (nSPS) is 23.1. The average molecular weight is 273 g/mol. The Bertz CT molecular complexity index is 456. The van der Waals surface area contributed by atoms with E-state index in [9.17, 15) is 0 Å². The molecule has 2 N–H and O–H groups in total. The van der Waals surface area contributed by atoms with Gasteiger partial charge in [0.15, 0.2) is 0 Å². The molecule has 1 aromatic carbocycles. The lowest BCUT2D eigenvalue weighted by Crippen LogP contribution is -2.35. The van der Waals surface area contributed by atoms with E-state index in [2.05, 4.69) is 35.0 Å². The molecule has 0 spiro atoms. The van der Waals surface area contributed by atoms with Gasteiger partial charge in [-0.1, -0.05) is 12.1 Å². The third-order valence-electron chi connectivity index (χ3n) is 4.86. The van der Waals surface area contributed by atoms with Crippen LogP contribution in [0.5, 0.6) is 0 Å². The monoisotopic (exact) mass is 273 g/mol. The van der Waals surface area contributed by atoms with Gasteiger partial charge in [0.1, 0.15) is 0 Å². The van der Waals surface area contributed by atoms with Crippen molar-refractivity contribution >= 4 is 5.69 Å². The quantitative estimate of drug-likeness (QED) is 0.913. The SMILES string of the molecule is CN1CCc2cc(CN3CCCC(CCN)C3)ccc21. The van der Waals surface area contributed by atoms with Gasteiger partial charge >= 0.3 is 0 Å². The van der Waals surface area contributed by atoms with Crippen LogP contribution in [0.2, 0.25) is 0 Å². The number of rotatable bonds is 4. The Morgan fingerprint density at radius 1 is 1.30 bits per heavy atom. The number of hydrogen-bond donors (Lipinski definition) is 1. The van der Waals surface area contributed by atoms with E-state index in [0.29, 0.717) is 0 Å². The lowest BCUT2D eigenvalue weighted by Gasteiger charge is -2.32. The molecule has 2 aliphatic heterocycles. The van der Waals surface area contributed by atoms with Gasteiger partial charge in [0, 0.05) is 32.4 Å². The smallest absolute Gasteiger partial charge is 0.0397 e. The van der Waals surface area contributed by atoms with Crippen LogP contribution in [0.4, 0.5) is 5.69 Å². The summed E-state index contributed by atoms with van der Waals surface area (Å²) in [5, 5.41) is 0. The van der Waals surface area contributed by atoms with Crippen LogP contribution in [0.15, 0.2) is 18.2 Å². The molecule has 1 fully saturated rings. The zero-order valence-electron chi connectivity index (χ0n) is 12.6. The number of fused-ring (bicyclic) bond motifs is 1. The number of nitrogens with zero attached hydrogens (tertiary/aromatic N) is 2. The maximum Gasteiger partial charge on any atom is 0.0397 e. The van der Waals surface area contributed by atoms with Crippen molar-refractivity contribution in [2.75, 3.05) is 38.1 Å². The molecule has 2 heterocycles. The van der Waals surface area contributed by atoms with E-state index in [-0.39, 0.29) is 0 Å². The van der Waals surface area contributed by atoms with E-state index in [1.807, 2.05) is 0 Å². The molecule has 1 unspecified atom stereocenters. The highest BCUT2D eigenvalue weighted by Gasteiger charge is 2.20. The van der Waals surface area contributed by atoms with Gasteiger partial charge in [-0.05, 0) is 61.9 Å². The highest BCUT2D eigenvalue weighted by molar-refractivity contribution is 5.58. The van der Waals surface area contributed by atoms with E-state index in [1.54, 1.807) is 0 Å². The lowest BCUT2D eigenvalue weighted by atomic mass is 9.94. The van der Waals surface area contributed by atoms with Crippen LogP contribution >= 0.6 is 0 Å². The van der Waals surface area contributed by atoms with Gasteiger partial charge in [-0.2, -0.15) is 0 Å². The van der Waals surface area contributed by atoms with Crippen LogP contribution in [0, 0.1) is 5.92 Å². The van der Waals surface area contributed by atoms with Crippen molar-refractivity contribution in [2.45, 2.75) is 32.2 Å². The number of anilines is 1. The molecule has 0 saturated carbocycles. The molecule has 3 heteroatoms. The first-order chi connectivity index (χ1) is 9.76. The summed E-state index contributed by atoms with van der Waals surface area (Å²) < 4.78 is 0. The van der Waals surface area contributed by atoms with Gasteiger partial charge in [-0.3, -0.25) is 4.90 Å². The van der Waals surface area contributed by atoms with E-state index in [4.69, 9.17) is 5.73 Å². The van der Waals surface area contributed by atoms with Crippen LogP contribution < -0.4 is 10.6 Å². The summed E-state index contributed by atoms with van der Waals surface area (Å²) in [6.07, 6.45) is 5.09. The van der Waals surface area contributed by atoms with Crippen LogP contribution in [0.25, 0.3) is 0 Å². The van der Waals surface area contributed by atoms with Crippen molar-refractivity contribution in [1.82, 2.24) is 4.90 Å². The zero-order valence-corrected chi connectivity index (χ0v) is 12.6. The second kappa shape index (κ2) is 6.15. The predicted octanol–water partition coefficient (Wildman–Crippen LogP) is 2.24.